The summed E-state index contributed by atoms with van der Waals surface area (Å²) in [5, 5.41) is 14.1. The zero-order chi connectivity index (χ0) is 21.1. The van der Waals surface area contributed by atoms with Crippen molar-refractivity contribution in [3.05, 3.63) is 35.4 Å². The van der Waals surface area contributed by atoms with Gasteiger partial charge in [-0.15, -0.1) is 0 Å². The number of benzene rings is 1. The van der Waals surface area contributed by atoms with Crippen LogP contribution < -0.4 is 5.32 Å². The van der Waals surface area contributed by atoms with Crippen molar-refractivity contribution in [2.24, 2.45) is 0 Å². The van der Waals surface area contributed by atoms with Gasteiger partial charge in [0.25, 0.3) is 0 Å². The van der Waals surface area contributed by atoms with Gasteiger partial charge in [0, 0.05) is 19.0 Å². The molecule has 2 rings (SSSR count). The van der Waals surface area contributed by atoms with Gasteiger partial charge in [0.2, 0.25) is 8.32 Å². The van der Waals surface area contributed by atoms with Crippen molar-refractivity contribution >= 4 is 14.3 Å². The van der Waals surface area contributed by atoms with Crippen molar-refractivity contribution in [1.82, 2.24) is 5.32 Å². The fourth-order valence-corrected chi connectivity index (χ4v) is 10.6. The van der Waals surface area contributed by atoms with Gasteiger partial charge >= 0.3 is 5.97 Å². The van der Waals surface area contributed by atoms with E-state index in [0.717, 1.165) is 12.1 Å². The van der Waals surface area contributed by atoms with E-state index in [9.17, 15) is 9.90 Å². The Morgan fingerprint density at radius 2 is 1.57 bits per heavy atom. The molecule has 1 aliphatic rings. The lowest BCUT2D eigenvalue weighted by Crippen LogP contribution is -2.57. The number of piperidine rings is 1. The van der Waals surface area contributed by atoms with Crippen molar-refractivity contribution in [2.75, 3.05) is 20.2 Å². The molecule has 1 aliphatic heterocycles. The zero-order valence-corrected chi connectivity index (χ0v) is 19.4. The molecule has 28 heavy (non-hydrogen) atoms. The number of carbonyl (C=O) groups excluding carboxylic acids is 1. The number of hydrogen-bond acceptors (Lipinski definition) is 5. The van der Waals surface area contributed by atoms with Gasteiger partial charge in [0.1, 0.15) is 0 Å². The molecular weight excluding hydrogens is 370 g/mol. The average Bonchev–Trinajstić information content (AvgIpc) is 2.64. The van der Waals surface area contributed by atoms with E-state index < -0.39 is 14.4 Å². The summed E-state index contributed by atoms with van der Waals surface area (Å²) in [4.78, 5) is 11.7. The highest BCUT2D eigenvalue weighted by Gasteiger charge is 2.49. The minimum atomic E-state index is -2.08. The smallest absolute Gasteiger partial charge is 0.337 e. The molecule has 1 aromatic carbocycles. The summed E-state index contributed by atoms with van der Waals surface area (Å²) in [7, 11) is -0.699. The van der Waals surface area contributed by atoms with Crippen LogP contribution in [-0.2, 0) is 9.16 Å². The molecule has 1 fully saturated rings. The number of aliphatic hydroxyl groups is 1. The number of β-amino-alcohol motifs (C(OH)–C–C–N with tert-alkyl or cyclic N) is 1. The van der Waals surface area contributed by atoms with Gasteiger partial charge in [-0.05, 0) is 34.3 Å². The van der Waals surface area contributed by atoms with Crippen LogP contribution in [-0.4, -0.2) is 51.8 Å². The van der Waals surface area contributed by atoms with Crippen LogP contribution in [0.2, 0.25) is 16.6 Å². The molecule has 6 heteroatoms. The fourth-order valence-electron chi connectivity index (χ4n) is 5.06. The third-order valence-electron chi connectivity index (χ3n) is 6.29. The molecule has 158 valence electrons. The molecule has 1 heterocycles. The number of rotatable bonds is 7. The number of carbonyl (C=O) groups is 1. The predicted octanol–water partition coefficient (Wildman–Crippen LogP) is 4.08. The third kappa shape index (κ3) is 4.51. The quantitative estimate of drug-likeness (QED) is 0.526. The van der Waals surface area contributed by atoms with Crippen LogP contribution in [0.5, 0.6) is 0 Å². The minimum absolute atomic E-state index is 0.0911. The number of ether oxygens (including phenoxy) is 1. The normalized spacial score (nSPS) is 23.5. The van der Waals surface area contributed by atoms with Crippen molar-refractivity contribution in [3.63, 3.8) is 0 Å². The van der Waals surface area contributed by atoms with E-state index in [1.54, 1.807) is 12.1 Å². The third-order valence-corrected chi connectivity index (χ3v) is 12.4. The van der Waals surface area contributed by atoms with E-state index in [-0.39, 0.29) is 18.0 Å². The van der Waals surface area contributed by atoms with E-state index in [2.05, 4.69) is 46.9 Å². The maximum absolute atomic E-state index is 11.7. The van der Waals surface area contributed by atoms with E-state index >= 15 is 0 Å². The zero-order valence-electron chi connectivity index (χ0n) is 18.4. The van der Waals surface area contributed by atoms with Crippen LogP contribution in [0.25, 0.3) is 0 Å². The summed E-state index contributed by atoms with van der Waals surface area (Å²) in [5.41, 5.74) is 2.96. The SMILES string of the molecule is COC(=O)c1ccc([C@@H]2[C@@H](O)CNC[C@H]2O[Si](C(C)C)(C(C)C)C(C)C)cc1. The van der Waals surface area contributed by atoms with Crippen molar-refractivity contribution < 1.29 is 19.1 Å². The summed E-state index contributed by atoms with van der Waals surface area (Å²) in [6.45, 7) is 14.9. The molecule has 3 atom stereocenters. The molecule has 1 aromatic rings. The first-order chi connectivity index (χ1) is 13.1. The molecule has 1 saturated heterocycles. The molecule has 0 saturated carbocycles. The van der Waals surface area contributed by atoms with Gasteiger partial charge < -0.3 is 19.6 Å². The molecule has 2 N–H and O–H groups in total. The summed E-state index contributed by atoms with van der Waals surface area (Å²) in [6.07, 6.45) is -0.618. The topological polar surface area (TPSA) is 67.8 Å². The molecule has 0 aliphatic carbocycles. The molecular formula is C22H37NO4Si. The lowest BCUT2D eigenvalue weighted by Gasteiger charge is -2.48. The first-order valence-electron chi connectivity index (χ1n) is 10.4. The summed E-state index contributed by atoms with van der Waals surface area (Å²) in [6, 6.07) is 7.38. The van der Waals surface area contributed by atoms with Crippen LogP contribution in [0.15, 0.2) is 24.3 Å². The summed E-state index contributed by atoms with van der Waals surface area (Å²) in [5.74, 6) is -0.466. The highest BCUT2D eigenvalue weighted by molar-refractivity contribution is 6.77. The highest BCUT2D eigenvalue weighted by Crippen LogP contribution is 2.45. The summed E-state index contributed by atoms with van der Waals surface area (Å²) < 4.78 is 11.8. The molecule has 0 unspecified atom stereocenters. The van der Waals surface area contributed by atoms with Crippen molar-refractivity contribution in [1.29, 1.82) is 0 Å². The molecule has 0 bridgehead atoms. The second kappa shape index (κ2) is 9.52. The highest BCUT2D eigenvalue weighted by atomic mass is 28.4. The van der Waals surface area contributed by atoms with Crippen LogP contribution in [0.1, 0.15) is 63.4 Å². The van der Waals surface area contributed by atoms with E-state index in [1.165, 1.54) is 7.11 Å². The monoisotopic (exact) mass is 407 g/mol. The van der Waals surface area contributed by atoms with Crippen LogP contribution in [0.3, 0.4) is 0 Å². The van der Waals surface area contributed by atoms with Crippen LogP contribution >= 0.6 is 0 Å². The van der Waals surface area contributed by atoms with Crippen molar-refractivity contribution in [3.8, 4) is 0 Å². The Hall–Kier alpha value is -1.21. The molecule has 0 spiro atoms. The number of methoxy groups -OCH3 is 1. The van der Waals surface area contributed by atoms with E-state index in [1.807, 2.05) is 12.1 Å². The first kappa shape index (κ1) is 23.1. The maximum Gasteiger partial charge on any atom is 0.337 e. The Balaban J connectivity index is 2.37. The Bertz CT molecular complexity index is 623. The molecule has 0 aromatic heterocycles. The largest absolute Gasteiger partial charge is 0.465 e. The number of aliphatic hydroxyl groups excluding tert-OH is 1. The minimum Gasteiger partial charge on any atom is -0.465 e. The first-order valence-corrected chi connectivity index (χ1v) is 12.5. The maximum atomic E-state index is 11.7. The second-order valence-corrected chi connectivity index (χ2v) is 14.2. The van der Waals surface area contributed by atoms with Gasteiger partial charge in [0.05, 0.1) is 24.9 Å². The second-order valence-electron chi connectivity index (χ2n) is 8.84. The standard InChI is InChI=1S/C22H37NO4Si/c1-14(2)28(15(3)4,16(5)6)27-20-13-23-12-19(24)21(20)17-8-10-18(11-9-17)22(25)26-7/h8-11,14-16,19-21,23-24H,12-13H2,1-7H3/t19-,20+,21+/m0/s1. The van der Waals surface area contributed by atoms with E-state index in [0.29, 0.717) is 28.7 Å². The van der Waals surface area contributed by atoms with E-state index in [4.69, 9.17) is 9.16 Å². The predicted molar refractivity (Wildman–Crippen MR) is 115 cm³/mol. The van der Waals surface area contributed by atoms with Crippen molar-refractivity contribution in [2.45, 2.75) is 76.3 Å². The fraction of sp³-hybridized carbons (Fsp3) is 0.682. The van der Waals surface area contributed by atoms with Gasteiger partial charge in [-0.3, -0.25) is 0 Å². The number of hydrogen-bond donors (Lipinski definition) is 2. The Kier molecular flexibility index (Phi) is 7.85. The Morgan fingerprint density at radius 1 is 1.04 bits per heavy atom. The van der Waals surface area contributed by atoms with Crippen LogP contribution in [0.4, 0.5) is 0 Å². The Labute approximate surface area is 171 Å². The van der Waals surface area contributed by atoms with Crippen LogP contribution in [0, 0.1) is 0 Å². The van der Waals surface area contributed by atoms with Gasteiger partial charge in [-0.2, -0.15) is 0 Å². The summed E-state index contributed by atoms with van der Waals surface area (Å²) >= 11 is 0. The Morgan fingerprint density at radius 3 is 2.04 bits per heavy atom. The molecule has 0 radical (unpaired) electrons. The van der Waals surface area contributed by atoms with Gasteiger partial charge in [0.15, 0.2) is 0 Å². The lowest BCUT2D eigenvalue weighted by atomic mass is 9.85. The number of esters is 1. The lowest BCUT2D eigenvalue weighted by molar-refractivity contribution is 0.0304. The van der Waals surface area contributed by atoms with Gasteiger partial charge in [-0.1, -0.05) is 53.7 Å². The van der Waals surface area contributed by atoms with Gasteiger partial charge in [-0.25, -0.2) is 4.79 Å². The average molecular weight is 408 g/mol. The molecule has 5 nitrogen and oxygen atoms in total. The molecule has 0 amide bonds. The number of nitrogens with one attached hydrogen (secondary N) is 1.